The molecule has 2 aromatic carbocycles. The lowest BCUT2D eigenvalue weighted by Crippen LogP contribution is -1.99. The highest BCUT2D eigenvalue weighted by atomic mass is 16.6. The number of nitrogens with zero attached hydrogens (tertiary/aromatic N) is 1. The normalized spacial score (nSPS) is 10.1. The molecule has 7 heteroatoms. The summed E-state index contributed by atoms with van der Waals surface area (Å²) in [7, 11) is 5.95. The van der Waals surface area contributed by atoms with Crippen molar-refractivity contribution in [3.63, 3.8) is 0 Å². The van der Waals surface area contributed by atoms with Crippen LogP contribution in [0.2, 0.25) is 0 Å². The average Bonchev–Trinajstić information content (AvgIpc) is 2.65. The summed E-state index contributed by atoms with van der Waals surface area (Å²) < 4.78 is 21.0. The molecule has 0 atom stereocenters. The van der Waals surface area contributed by atoms with Gasteiger partial charge in [0.25, 0.3) is 5.69 Å². The summed E-state index contributed by atoms with van der Waals surface area (Å²) >= 11 is 0. The molecule has 0 saturated carbocycles. The molecule has 2 rings (SSSR count). The van der Waals surface area contributed by atoms with Crippen molar-refractivity contribution in [2.75, 3.05) is 28.4 Å². The summed E-state index contributed by atoms with van der Waals surface area (Å²) in [5, 5.41) is 11.4. The zero-order valence-electron chi connectivity index (χ0n) is 14.5. The Morgan fingerprint density at radius 3 is 2.00 bits per heavy atom. The van der Waals surface area contributed by atoms with E-state index in [0.29, 0.717) is 39.7 Å². The summed E-state index contributed by atoms with van der Waals surface area (Å²) in [6.07, 6.45) is 0. The van der Waals surface area contributed by atoms with Gasteiger partial charge in [0, 0.05) is 0 Å². The Labute approximate surface area is 145 Å². The molecule has 0 spiro atoms. The van der Waals surface area contributed by atoms with Crippen molar-refractivity contribution in [3.05, 3.63) is 58.2 Å². The maximum atomic E-state index is 11.4. The number of hydrogen-bond acceptors (Lipinski definition) is 6. The van der Waals surface area contributed by atoms with E-state index in [4.69, 9.17) is 18.9 Å². The van der Waals surface area contributed by atoms with Crippen molar-refractivity contribution in [1.29, 1.82) is 0 Å². The van der Waals surface area contributed by atoms with Crippen LogP contribution in [-0.4, -0.2) is 33.4 Å². The van der Waals surface area contributed by atoms with Crippen molar-refractivity contribution in [1.82, 2.24) is 0 Å². The second kappa shape index (κ2) is 7.57. The molecule has 25 heavy (non-hydrogen) atoms. The Morgan fingerprint density at radius 1 is 0.960 bits per heavy atom. The van der Waals surface area contributed by atoms with E-state index in [2.05, 4.69) is 6.58 Å². The number of nitro benzene ring substituents is 1. The third-order valence-corrected chi connectivity index (χ3v) is 3.74. The van der Waals surface area contributed by atoms with Gasteiger partial charge in [-0.15, -0.1) is 0 Å². The molecule has 0 amide bonds. The topological polar surface area (TPSA) is 80.1 Å². The fourth-order valence-corrected chi connectivity index (χ4v) is 2.46. The Hall–Kier alpha value is -3.22. The highest BCUT2D eigenvalue weighted by Crippen LogP contribution is 2.42. The Balaban J connectivity index is 2.60. The van der Waals surface area contributed by atoms with Crippen LogP contribution in [0.3, 0.4) is 0 Å². The minimum absolute atomic E-state index is 0.0990. The molecular weight excluding hydrogens is 326 g/mol. The zero-order valence-corrected chi connectivity index (χ0v) is 14.5. The van der Waals surface area contributed by atoms with Gasteiger partial charge in [-0.2, -0.15) is 0 Å². The lowest BCUT2D eigenvalue weighted by Gasteiger charge is -2.15. The van der Waals surface area contributed by atoms with E-state index in [-0.39, 0.29) is 5.69 Å². The average molecular weight is 345 g/mol. The molecule has 0 aliphatic rings. The quantitative estimate of drug-likeness (QED) is 0.562. The summed E-state index contributed by atoms with van der Waals surface area (Å²) in [5.74, 6) is 1.71. The third kappa shape index (κ3) is 3.50. The van der Waals surface area contributed by atoms with E-state index in [1.807, 2.05) is 0 Å². The largest absolute Gasteiger partial charge is 0.497 e. The maximum absolute atomic E-state index is 11.4. The number of benzene rings is 2. The van der Waals surface area contributed by atoms with Gasteiger partial charge in [0.1, 0.15) is 5.75 Å². The molecule has 2 aromatic rings. The molecule has 0 aliphatic heterocycles. The van der Waals surface area contributed by atoms with Gasteiger partial charge in [0.05, 0.1) is 45.0 Å². The van der Waals surface area contributed by atoms with Crippen molar-refractivity contribution in [2.45, 2.75) is 0 Å². The molecule has 132 valence electrons. The van der Waals surface area contributed by atoms with E-state index in [1.165, 1.54) is 34.5 Å². The van der Waals surface area contributed by atoms with E-state index in [0.717, 1.165) is 0 Å². The third-order valence-electron chi connectivity index (χ3n) is 3.74. The lowest BCUT2D eigenvalue weighted by molar-refractivity contribution is -0.385. The molecule has 0 aliphatic carbocycles. The van der Waals surface area contributed by atoms with E-state index < -0.39 is 4.92 Å². The van der Waals surface area contributed by atoms with Gasteiger partial charge in [-0.25, -0.2) is 0 Å². The van der Waals surface area contributed by atoms with Gasteiger partial charge in [-0.1, -0.05) is 6.58 Å². The predicted octanol–water partition coefficient (Wildman–Crippen LogP) is 3.69. The molecule has 0 N–H and O–H groups in total. The van der Waals surface area contributed by atoms with Gasteiger partial charge in [0.15, 0.2) is 11.5 Å². The van der Waals surface area contributed by atoms with Crippen molar-refractivity contribution < 1.29 is 23.9 Å². The summed E-state index contributed by atoms with van der Waals surface area (Å²) in [6, 6.07) is 7.99. The first-order chi connectivity index (χ1) is 12.0. The first-order valence-electron chi connectivity index (χ1n) is 7.28. The zero-order chi connectivity index (χ0) is 18.6. The highest BCUT2D eigenvalue weighted by molar-refractivity contribution is 5.85. The second-order valence-electron chi connectivity index (χ2n) is 5.03. The van der Waals surface area contributed by atoms with Crippen molar-refractivity contribution in [3.8, 4) is 23.0 Å². The predicted molar refractivity (Wildman–Crippen MR) is 93.9 cm³/mol. The molecule has 7 nitrogen and oxygen atoms in total. The second-order valence-corrected chi connectivity index (χ2v) is 5.03. The van der Waals surface area contributed by atoms with Gasteiger partial charge < -0.3 is 18.9 Å². The SMILES string of the molecule is C=C(c1cc(OC)c(OC)c(OC)c1)c1ccc(OC)cc1[N+](=O)[O-]. The first-order valence-corrected chi connectivity index (χ1v) is 7.28. The van der Waals surface area contributed by atoms with Crippen molar-refractivity contribution >= 4 is 11.3 Å². The van der Waals surface area contributed by atoms with E-state index >= 15 is 0 Å². The lowest BCUT2D eigenvalue weighted by atomic mass is 9.97. The van der Waals surface area contributed by atoms with Crippen LogP contribution in [0.25, 0.3) is 5.57 Å². The molecule has 0 bridgehead atoms. The van der Waals surface area contributed by atoms with Crippen LogP contribution in [0.1, 0.15) is 11.1 Å². The Morgan fingerprint density at radius 2 is 1.56 bits per heavy atom. The van der Waals surface area contributed by atoms with Crippen LogP contribution in [0.15, 0.2) is 36.9 Å². The van der Waals surface area contributed by atoms with Crippen LogP contribution in [0, 0.1) is 10.1 Å². The van der Waals surface area contributed by atoms with Gasteiger partial charge in [0.2, 0.25) is 5.75 Å². The van der Waals surface area contributed by atoms with E-state index in [1.54, 1.807) is 24.3 Å². The number of hydrogen-bond donors (Lipinski definition) is 0. The van der Waals surface area contributed by atoms with Crippen LogP contribution >= 0.6 is 0 Å². The van der Waals surface area contributed by atoms with Crippen molar-refractivity contribution in [2.24, 2.45) is 0 Å². The monoisotopic (exact) mass is 345 g/mol. The molecule has 0 saturated heterocycles. The smallest absolute Gasteiger partial charge is 0.280 e. The minimum Gasteiger partial charge on any atom is -0.497 e. The maximum Gasteiger partial charge on any atom is 0.280 e. The van der Waals surface area contributed by atoms with Gasteiger partial charge >= 0.3 is 0 Å². The molecular formula is C18H19NO6. The summed E-state index contributed by atoms with van der Waals surface area (Å²) in [5.41, 5.74) is 1.34. The van der Waals surface area contributed by atoms with E-state index in [9.17, 15) is 10.1 Å². The minimum atomic E-state index is -0.471. The van der Waals surface area contributed by atoms with Crippen LogP contribution < -0.4 is 18.9 Å². The molecule has 0 aromatic heterocycles. The Kier molecular flexibility index (Phi) is 5.49. The van der Waals surface area contributed by atoms with Crippen LogP contribution in [0.5, 0.6) is 23.0 Å². The molecule has 0 radical (unpaired) electrons. The number of nitro groups is 1. The van der Waals surface area contributed by atoms with Crippen LogP contribution in [0.4, 0.5) is 5.69 Å². The molecule has 0 unspecified atom stereocenters. The molecule has 0 heterocycles. The summed E-state index contributed by atoms with van der Waals surface area (Å²) in [4.78, 5) is 10.9. The van der Waals surface area contributed by atoms with Gasteiger partial charge in [-0.3, -0.25) is 10.1 Å². The fraction of sp³-hybridized carbons (Fsp3) is 0.222. The number of methoxy groups -OCH3 is 4. The highest BCUT2D eigenvalue weighted by Gasteiger charge is 2.21. The van der Waals surface area contributed by atoms with Crippen LogP contribution in [-0.2, 0) is 0 Å². The fourth-order valence-electron chi connectivity index (χ4n) is 2.46. The first kappa shape index (κ1) is 18.1. The van der Waals surface area contributed by atoms with Gasteiger partial charge in [-0.05, 0) is 35.4 Å². The Bertz CT molecular complexity index is 790. The standard InChI is InChI=1S/C18H19NO6/c1-11(14-7-6-13(22-2)10-15(14)19(20)21)12-8-16(23-3)18(25-5)17(9-12)24-4/h6-10H,1H2,2-5H3. The molecule has 0 fully saturated rings. The number of ether oxygens (including phenoxy) is 4. The summed E-state index contributed by atoms with van der Waals surface area (Å²) in [6.45, 7) is 4.00. The number of rotatable bonds is 7.